The maximum absolute atomic E-state index is 12.5. The van der Waals surface area contributed by atoms with Gasteiger partial charge in [0.2, 0.25) is 16.0 Å². The van der Waals surface area contributed by atoms with E-state index in [0.717, 1.165) is 0 Å². The summed E-state index contributed by atoms with van der Waals surface area (Å²) in [6.07, 6.45) is -4.56. The lowest BCUT2D eigenvalue weighted by atomic mass is 10.1. The monoisotopic (exact) mass is 628 g/mol. The minimum atomic E-state index is -5.08. The first kappa shape index (κ1) is 32.6. The molecule has 0 unspecified atom stereocenters. The summed E-state index contributed by atoms with van der Waals surface area (Å²) in [5.41, 5.74) is 7.92. The van der Waals surface area contributed by atoms with Gasteiger partial charge in [0.15, 0.2) is 0 Å². The minimum Gasteiger partial charge on any atom is -0.494 e. The molecular formula is C21H24BrF3N4O8S. The average Bonchev–Trinajstić information content (AvgIpc) is 2.81. The number of nitrogens with one attached hydrogen (secondary N) is 3. The van der Waals surface area contributed by atoms with Crippen LogP contribution in [0.15, 0.2) is 57.9 Å². The van der Waals surface area contributed by atoms with Gasteiger partial charge >= 0.3 is 18.1 Å². The quantitative estimate of drug-likeness (QED) is 0.0876. The second kappa shape index (κ2) is 15.1. The molecule has 0 bridgehead atoms. The number of ether oxygens (including phenoxy) is 1. The van der Waals surface area contributed by atoms with Crippen molar-refractivity contribution in [3.63, 3.8) is 0 Å². The molecule has 38 heavy (non-hydrogen) atoms. The van der Waals surface area contributed by atoms with Crippen molar-refractivity contribution >= 4 is 43.9 Å². The number of hydrogen-bond acceptors (Lipinski definition) is 7. The lowest BCUT2D eigenvalue weighted by molar-refractivity contribution is -0.192. The summed E-state index contributed by atoms with van der Waals surface area (Å²) in [5.74, 6) is -3.74. The third-order valence-corrected chi connectivity index (χ3v) is 6.18. The van der Waals surface area contributed by atoms with Crippen LogP contribution in [0.1, 0.15) is 12.0 Å². The SMILES string of the molecule is N=C(N)NOCCCOc1ccc(C[C@H](NS(=O)(=O)c2ccc(Br)cc2)C(=O)O)cc1.O=C(O)C(F)(F)F. The van der Waals surface area contributed by atoms with Gasteiger partial charge in [-0.05, 0) is 48.4 Å². The van der Waals surface area contributed by atoms with Crippen LogP contribution in [0.3, 0.4) is 0 Å². The Bertz CT molecular complexity index is 1180. The van der Waals surface area contributed by atoms with E-state index in [9.17, 15) is 31.5 Å². The highest BCUT2D eigenvalue weighted by Gasteiger charge is 2.38. The predicted octanol–water partition coefficient (Wildman–Crippen LogP) is 2.24. The molecule has 1 atom stereocenters. The number of guanidine groups is 1. The van der Waals surface area contributed by atoms with E-state index in [1.54, 1.807) is 36.4 Å². The molecule has 0 heterocycles. The zero-order chi connectivity index (χ0) is 28.9. The van der Waals surface area contributed by atoms with Gasteiger partial charge < -0.3 is 20.7 Å². The number of carboxylic acid groups (broad SMARTS) is 2. The number of halogens is 4. The number of rotatable bonds is 12. The maximum atomic E-state index is 12.5. The predicted molar refractivity (Wildman–Crippen MR) is 131 cm³/mol. The van der Waals surface area contributed by atoms with Gasteiger partial charge in [0.05, 0.1) is 18.1 Å². The highest BCUT2D eigenvalue weighted by atomic mass is 79.9. The van der Waals surface area contributed by atoms with Gasteiger partial charge in [-0.2, -0.15) is 17.9 Å². The molecular weight excluding hydrogens is 605 g/mol. The summed E-state index contributed by atoms with van der Waals surface area (Å²) in [5, 5.41) is 23.5. The number of sulfonamides is 1. The molecule has 2 aromatic carbocycles. The van der Waals surface area contributed by atoms with E-state index >= 15 is 0 Å². The van der Waals surface area contributed by atoms with E-state index in [4.69, 9.17) is 30.6 Å². The van der Waals surface area contributed by atoms with E-state index in [-0.39, 0.29) is 17.3 Å². The third kappa shape index (κ3) is 12.7. The standard InChI is InChI=1S/C19H23BrN4O6S.C2HF3O2/c20-14-4-8-16(9-5-14)31(27,28)24-17(18(25)26)12-13-2-6-15(7-3-13)29-10-1-11-30-23-19(21)22;3-2(4,5)1(6)7/h2-9,17,24H,1,10-12H2,(H,25,26)(H4,21,22,23);(H,6,7)/t17-;/m0./s1. The largest absolute Gasteiger partial charge is 0.494 e. The van der Waals surface area contributed by atoms with E-state index in [1.807, 2.05) is 0 Å². The Morgan fingerprint density at radius 3 is 2.08 bits per heavy atom. The molecule has 12 nitrogen and oxygen atoms in total. The molecule has 17 heteroatoms. The molecule has 2 rings (SSSR count). The molecule has 0 aliphatic heterocycles. The fraction of sp³-hybridized carbons (Fsp3) is 0.286. The fourth-order valence-electron chi connectivity index (χ4n) is 2.46. The number of hydrogen-bond donors (Lipinski definition) is 6. The lowest BCUT2D eigenvalue weighted by Gasteiger charge is -2.15. The molecule has 0 radical (unpaired) electrons. The topological polar surface area (TPSA) is 201 Å². The van der Waals surface area contributed by atoms with E-state index in [1.165, 1.54) is 12.1 Å². The number of carboxylic acids is 2. The Morgan fingerprint density at radius 2 is 1.61 bits per heavy atom. The van der Waals surface area contributed by atoms with Crippen LogP contribution in [0.25, 0.3) is 0 Å². The third-order valence-electron chi connectivity index (χ3n) is 4.17. The summed E-state index contributed by atoms with van der Waals surface area (Å²) in [6, 6.07) is 11.3. The molecule has 0 saturated carbocycles. The smallest absolute Gasteiger partial charge is 0.490 e. The van der Waals surface area contributed by atoms with Crippen molar-refractivity contribution in [3.8, 4) is 5.75 Å². The van der Waals surface area contributed by atoms with Gasteiger partial charge in [-0.15, -0.1) is 0 Å². The van der Waals surface area contributed by atoms with Crippen LogP contribution in [-0.4, -0.2) is 62.0 Å². The van der Waals surface area contributed by atoms with Crippen LogP contribution >= 0.6 is 15.9 Å². The molecule has 210 valence electrons. The molecule has 2 aromatic rings. The highest BCUT2D eigenvalue weighted by molar-refractivity contribution is 9.10. The van der Waals surface area contributed by atoms with Gasteiger partial charge in [-0.25, -0.2) is 18.7 Å². The van der Waals surface area contributed by atoms with Gasteiger partial charge in [-0.3, -0.25) is 15.0 Å². The summed E-state index contributed by atoms with van der Waals surface area (Å²) in [7, 11) is -3.99. The number of nitrogens with two attached hydrogens (primary N) is 1. The maximum Gasteiger partial charge on any atom is 0.490 e. The molecule has 0 saturated heterocycles. The zero-order valence-electron chi connectivity index (χ0n) is 19.4. The van der Waals surface area contributed by atoms with Crippen LogP contribution in [0.2, 0.25) is 0 Å². The second-order valence-corrected chi connectivity index (χ2v) is 9.81. The van der Waals surface area contributed by atoms with Crippen LogP contribution in [-0.2, 0) is 30.9 Å². The minimum absolute atomic E-state index is 0.0202. The molecule has 7 N–H and O–H groups in total. The Balaban J connectivity index is 0.000000905. The van der Waals surface area contributed by atoms with Crippen LogP contribution < -0.4 is 20.7 Å². The van der Waals surface area contributed by atoms with Crippen molar-refractivity contribution in [2.75, 3.05) is 13.2 Å². The zero-order valence-corrected chi connectivity index (χ0v) is 21.8. The van der Waals surface area contributed by atoms with Gasteiger partial charge in [-0.1, -0.05) is 28.1 Å². The number of carbonyl (C=O) groups is 2. The van der Waals surface area contributed by atoms with Crippen LogP contribution in [0, 0.1) is 5.41 Å². The van der Waals surface area contributed by atoms with Crippen molar-refractivity contribution in [2.45, 2.75) is 30.0 Å². The number of benzene rings is 2. The molecule has 0 aliphatic rings. The normalized spacial score (nSPS) is 12.0. The van der Waals surface area contributed by atoms with E-state index in [0.29, 0.717) is 35.4 Å². The summed E-state index contributed by atoms with van der Waals surface area (Å²) in [4.78, 5) is 25.4. The van der Waals surface area contributed by atoms with Crippen molar-refractivity contribution in [1.82, 2.24) is 10.2 Å². The van der Waals surface area contributed by atoms with Crippen molar-refractivity contribution in [2.24, 2.45) is 5.73 Å². The summed E-state index contributed by atoms with van der Waals surface area (Å²) >= 11 is 3.23. The first-order valence-corrected chi connectivity index (χ1v) is 12.6. The Labute approximate surface area is 223 Å². The Hall–Kier alpha value is -3.41. The molecule has 0 aliphatic carbocycles. The number of aliphatic carboxylic acids is 2. The van der Waals surface area contributed by atoms with E-state index < -0.39 is 34.2 Å². The van der Waals surface area contributed by atoms with Crippen molar-refractivity contribution in [3.05, 3.63) is 58.6 Å². The second-order valence-electron chi connectivity index (χ2n) is 7.18. The first-order valence-electron chi connectivity index (χ1n) is 10.4. The molecule has 0 fully saturated rings. The summed E-state index contributed by atoms with van der Waals surface area (Å²) in [6.45, 7) is 0.667. The summed E-state index contributed by atoms with van der Waals surface area (Å²) < 4.78 is 65.2. The van der Waals surface area contributed by atoms with Crippen LogP contribution in [0.4, 0.5) is 13.2 Å². The van der Waals surface area contributed by atoms with Crippen LogP contribution in [0.5, 0.6) is 5.75 Å². The Morgan fingerprint density at radius 1 is 1.05 bits per heavy atom. The first-order chi connectivity index (χ1) is 17.6. The van der Waals surface area contributed by atoms with Crippen molar-refractivity contribution in [1.29, 1.82) is 5.41 Å². The van der Waals surface area contributed by atoms with Crippen molar-refractivity contribution < 1.29 is 51.0 Å². The molecule has 0 spiro atoms. The van der Waals surface area contributed by atoms with Gasteiger partial charge in [0, 0.05) is 10.9 Å². The average molecular weight is 629 g/mol. The highest BCUT2D eigenvalue weighted by Crippen LogP contribution is 2.17. The van der Waals surface area contributed by atoms with E-state index in [2.05, 4.69) is 26.1 Å². The Kier molecular flexibility index (Phi) is 13.0. The number of alkyl halides is 3. The molecule has 0 aromatic heterocycles. The molecule has 0 amide bonds. The number of hydroxylamine groups is 1. The van der Waals surface area contributed by atoms with Gasteiger partial charge in [0.25, 0.3) is 0 Å². The lowest BCUT2D eigenvalue weighted by Crippen LogP contribution is -2.42. The van der Waals surface area contributed by atoms with Gasteiger partial charge in [0.1, 0.15) is 11.8 Å². The fourth-order valence-corrected chi connectivity index (χ4v) is 3.91.